The van der Waals surface area contributed by atoms with Crippen molar-refractivity contribution < 1.29 is 8.78 Å². The van der Waals surface area contributed by atoms with Crippen LogP contribution in [0.1, 0.15) is 72.8 Å². The van der Waals surface area contributed by atoms with Crippen molar-refractivity contribution in [1.82, 2.24) is 4.98 Å². The van der Waals surface area contributed by atoms with Crippen LogP contribution in [0.25, 0.3) is 33.2 Å². The fourth-order valence-electron chi connectivity index (χ4n) is 6.03. The number of hydrogen-bond acceptors (Lipinski definition) is 1. The molecule has 0 radical (unpaired) electrons. The Morgan fingerprint density at radius 3 is 2.50 bits per heavy atom. The predicted molar refractivity (Wildman–Crippen MR) is 136 cm³/mol. The summed E-state index contributed by atoms with van der Waals surface area (Å²) < 4.78 is 27.9. The van der Waals surface area contributed by atoms with E-state index in [4.69, 9.17) is 4.98 Å². The lowest BCUT2D eigenvalue weighted by atomic mass is 9.88. The number of hydrogen-bond donors (Lipinski definition) is 0. The topological polar surface area (TPSA) is 12.9 Å². The Hall–Kier alpha value is -3.07. The van der Waals surface area contributed by atoms with Gasteiger partial charge in [0.2, 0.25) is 5.92 Å². The van der Waals surface area contributed by atoms with Crippen LogP contribution < -0.4 is 0 Å². The molecule has 0 saturated heterocycles. The number of aromatic nitrogens is 1. The molecule has 3 heteroatoms. The fraction of sp³-hybridized carbons (Fsp3) is 0.323. The molecule has 1 fully saturated rings. The predicted octanol–water partition coefficient (Wildman–Crippen LogP) is 8.81. The molecule has 1 unspecified atom stereocenters. The monoisotopic (exact) mass is 453 g/mol. The van der Waals surface area contributed by atoms with E-state index in [1.165, 1.54) is 38.9 Å². The lowest BCUT2D eigenvalue weighted by molar-refractivity contribution is 0.00777. The van der Waals surface area contributed by atoms with Gasteiger partial charge in [-0.25, -0.2) is 8.78 Å². The smallest absolute Gasteiger partial charge is 0.248 e. The van der Waals surface area contributed by atoms with Crippen molar-refractivity contribution in [3.05, 3.63) is 88.6 Å². The first-order valence-electron chi connectivity index (χ1n) is 12.3. The van der Waals surface area contributed by atoms with Gasteiger partial charge in [-0.2, -0.15) is 0 Å². The van der Waals surface area contributed by atoms with E-state index in [0.717, 1.165) is 28.5 Å². The maximum atomic E-state index is 14.0. The van der Waals surface area contributed by atoms with Crippen LogP contribution in [-0.2, 0) is 6.42 Å². The zero-order chi connectivity index (χ0) is 23.6. The average Bonchev–Trinajstić information content (AvgIpc) is 3.37. The second kappa shape index (κ2) is 7.73. The molecule has 3 aromatic carbocycles. The van der Waals surface area contributed by atoms with Crippen molar-refractivity contribution >= 4 is 10.8 Å². The summed E-state index contributed by atoms with van der Waals surface area (Å²) >= 11 is 0. The van der Waals surface area contributed by atoms with E-state index in [0.29, 0.717) is 12.3 Å². The van der Waals surface area contributed by atoms with Gasteiger partial charge in [0, 0.05) is 30.0 Å². The number of rotatable bonds is 3. The van der Waals surface area contributed by atoms with Gasteiger partial charge in [0.05, 0.1) is 5.69 Å². The Morgan fingerprint density at radius 1 is 0.941 bits per heavy atom. The Kier molecular flexibility index (Phi) is 4.88. The molecule has 0 spiro atoms. The molecule has 2 aliphatic carbocycles. The number of aryl methyl sites for hydroxylation is 1. The molecule has 2 aliphatic rings. The second-order valence-corrected chi connectivity index (χ2v) is 10.5. The molecule has 1 nitrogen and oxygen atoms in total. The second-order valence-electron chi connectivity index (χ2n) is 10.5. The van der Waals surface area contributed by atoms with Gasteiger partial charge in [0.1, 0.15) is 0 Å². The summed E-state index contributed by atoms with van der Waals surface area (Å²) in [5.41, 5.74) is 10.9. The van der Waals surface area contributed by atoms with Gasteiger partial charge in [-0.3, -0.25) is 4.98 Å². The van der Waals surface area contributed by atoms with Crippen LogP contribution in [0.15, 0.2) is 60.8 Å². The van der Waals surface area contributed by atoms with Crippen LogP contribution in [0.4, 0.5) is 8.78 Å². The summed E-state index contributed by atoms with van der Waals surface area (Å²) in [6.07, 6.45) is 3.41. The van der Waals surface area contributed by atoms with Gasteiger partial charge < -0.3 is 0 Å². The molecular formula is C31H29F2N. The van der Waals surface area contributed by atoms with Crippen LogP contribution in [0.2, 0.25) is 0 Å². The Labute approximate surface area is 199 Å². The van der Waals surface area contributed by atoms with Crippen LogP contribution in [-0.4, -0.2) is 10.9 Å². The van der Waals surface area contributed by atoms with Gasteiger partial charge >= 0.3 is 0 Å². The number of benzene rings is 3. The maximum Gasteiger partial charge on any atom is 0.248 e. The summed E-state index contributed by atoms with van der Waals surface area (Å²) in [6, 6.07) is 19.5. The van der Waals surface area contributed by atoms with Crippen molar-refractivity contribution in [2.45, 2.75) is 64.2 Å². The highest BCUT2D eigenvalue weighted by Crippen LogP contribution is 2.47. The third kappa shape index (κ3) is 3.45. The first-order valence-corrected chi connectivity index (χ1v) is 12.3. The van der Waals surface area contributed by atoms with Gasteiger partial charge in [-0.1, -0.05) is 62.4 Å². The van der Waals surface area contributed by atoms with E-state index in [1.807, 2.05) is 6.20 Å². The standard InChI is InChI=1S/C31H29F2N/c1-18(2)29-17-34-30(24-9-8-20(14-26(24)29)22-10-11-31(32,33)16-22)28-13-19(3)12-25-23-7-5-4-6-21(23)15-27(25)28/h4-9,12-14,17-18,22H,10-11,15-16H2,1-3H3. The van der Waals surface area contributed by atoms with Crippen molar-refractivity contribution in [3.8, 4) is 22.4 Å². The first kappa shape index (κ1) is 21.5. The summed E-state index contributed by atoms with van der Waals surface area (Å²) in [5.74, 6) is -2.31. The molecule has 0 aliphatic heterocycles. The van der Waals surface area contributed by atoms with Crippen LogP contribution >= 0.6 is 0 Å². The van der Waals surface area contributed by atoms with Gasteiger partial charge in [-0.05, 0) is 82.0 Å². The fourth-order valence-corrected chi connectivity index (χ4v) is 6.03. The van der Waals surface area contributed by atoms with Crippen molar-refractivity contribution in [2.75, 3.05) is 0 Å². The Morgan fingerprint density at radius 2 is 1.74 bits per heavy atom. The minimum atomic E-state index is -2.54. The number of fused-ring (bicyclic) bond motifs is 4. The van der Waals surface area contributed by atoms with E-state index in [9.17, 15) is 8.78 Å². The number of alkyl halides is 2. The van der Waals surface area contributed by atoms with Crippen molar-refractivity contribution in [2.24, 2.45) is 0 Å². The minimum absolute atomic E-state index is 0.00960. The van der Waals surface area contributed by atoms with E-state index in [2.05, 4.69) is 75.4 Å². The van der Waals surface area contributed by atoms with E-state index in [1.54, 1.807) is 0 Å². The molecule has 0 bridgehead atoms. The van der Waals surface area contributed by atoms with Crippen molar-refractivity contribution in [3.63, 3.8) is 0 Å². The average molecular weight is 454 g/mol. The van der Waals surface area contributed by atoms with Gasteiger partial charge in [-0.15, -0.1) is 0 Å². The molecule has 1 aromatic heterocycles. The van der Waals surface area contributed by atoms with E-state index >= 15 is 0 Å². The highest BCUT2D eigenvalue weighted by Gasteiger charge is 2.40. The summed E-state index contributed by atoms with van der Waals surface area (Å²) in [5, 5.41) is 2.27. The Balaban J connectivity index is 1.54. The normalized spacial score (nSPS) is 18.5. The van der Waals surface area contributed by atoms with Gasteiger partial charge in [0.15, 0.2) is 0 Å². The number of nitrogens with zero attached hydrogens (tertiary/aromatic N) is 1. The molecule has 1 heterocycles. The molecule has 6 rings (SSSR count). The highest BCUT2D eigenvalue weighted by atomic mass is 19.3. The zero-order valence-corrected chi connectivity index (χ0v) is 20.0. The zero-order valence-electron chi connectivity index (χ0n) is 20.0. The van der Waals surface area contributed by atoms with Crippen molar-refractivity contribution in [1.29, 1.82) is 0 Å². The molecule has 34 heavy (non-hydrogen) atoms. The molecule has 4 aromatic rings. The third-order valence-electron chi connectivity index (χ3n) is 7.76. The maximum absolute atomic E-state index is 14.0. The molecule has 172 valence electrons. The summed E-state index contributed by atoms with van der Waals surface area (Å²) in [6.45, 7) is 6.49. The Bertz CT molecular complexity index is 1430. The van der Waals surface area contributed by atoms with Gasteiger partial charge in [0.25, 0.3) is 0 Å². The number of pyridine rings is 1. The lowest BCUT2D eigenvalue weighted by Crippen LogP contribution is -2.09. The molecule has 0 amide bonds. The molecule has 1 atom stereocenters. The largest absolute Gasteiger partial charge is 0.255 e. The summed E-state index contributed by atoms with van der Waals surface area (Å²) in [4.78, 5) is 5.01. The van der Waals surface area contributed by atoms with Crippen LogP contribution in [0.5, 0.6) is 0 Å². The minimum Gasteiger partial charge on any atom is -0.255 e. The lowest BCUT2D eigenvalue weighted by Gasteiger charge is -2.18. The molecule has 1 saturated carbocycles. The molecule has 0 N–H and O–H groups in total. The third-order valence-corrected chi connectivity index (χ3v) is 7.76. The quantitative estimate of drug-likeness (QED) is 0.266. The molecular weight excluding hydrogens is 424 g/mol. The summed E-state index contributed by atoms with van der Waals surface area (Å²) in [7, 11) is 0. The highest BCUT2D eigenvalue weighted by molar-refractivity contribution is 5.99. The SMILES string of the molecule is Cc1cc2c(c(-c3ncc(C(C)C)c4cc(C5CCC(F)(F)C5)ccc34)c1)Cc1ccccc1-2. The van der Waals surface area contributed by atoms with E-state index < -0.39 is 5.92 Å². The van der Waals surface area contributed by atoms with Crippen LogP contribution in [0, 0.1) is 6.92 Å². The first-order chi connectivity index (χ1) is 16.3. The number of halogens is 2. The van der Waals surface area contributed by atoms with Crippen LogP contribution in [0.3, 0.4) is 0 Å². The van der Waals surface area contributed by atoms with E-state index in [-0.39, 0.29) is 18.8 Å².